The summed E-state index contributed by atoms with van der Waals surface area (Å²) in [7, 11) is -22.1. The Balaban J connectivity index is 1.09. The molecule has 1 saturated heterocycles. The van der Waals surface area contributed by atoms with Gasteiger partial charge in [-0.05, 0) is 63.6 Å². The van der Waals surface area contributed by atoms with Gasteiger partial charge in [0.05, 0.1) is 30.0 Å². The zero-order chi connectivity index (χ0) is 50.9. The molecular weight excluding hydrogens is 999 g/mol. The molecule has 4 heterocycles. The van der Waals surface area contributed by atoms with Crippen LogP contribution in [-0.4, -0.2) is 121 Å². The summed E-state index contributed by atoms with van der Waals surface area (Å²) in [6, 6.07) is 10.6. The number of likely N-dealkylation sites (N-methyl/N-ethyl adjacent to an activating group) is 1. The number of hydrogen-bond acceptors (Lipinski definition) is 18. The average molecular weight is 1050 g/mol. The number of nitrogen functional groups attached to an aromatic ring is 1. The number of nitrogens with one attached hydrogen (secondary N) is 2. The van der Waals surface area contributed by atoms with Crippen LogP contribution in [0.15, 0.2) is 89.5 Å². The number of aliphatic hydroxyl groups excluding tert-OH is 2. The van der Waals surface area contributed by atoms with Crippen LogP contribution in [0.2, 0.25) is 0 Å². The van der Waals surface area contributed by atoms with Crippen LogP contribution >= 0.6 is 23.5 Å². The van der Waals surface area contributed by atoms with Crippen molar-refractivity contribution < 1.29 is 84.0 Å². The second-order valence-corrected chi connectivity index (χ2v) is 22.0. The molecule has 1 fully saturated rings. The third kappa shape index (κ3) is 11.9. The van der Waals surface area contributed by atoms with Crippen molar-refractivity contribution in [3.05, 3.63) is 107 Å². The first-order valence-electron chi connectivity index (χ1n) is 21.9. The highest BCUT2D eigenvalue weighted by Gasteiger charge is 2.47. The van der Waals surface area contributed by atoms with Crippen LogP contribution in [0, 0.1) is 0 Å². The molecule has 1 aliphatic carbocycles. The van der Waals surface area contributed by atoms with Crippen LogP contribution < -0.4 is 25.6 Å². The number of phosphoric ester groups is 1. The Hall–Kier alpha value is -4.46. The lowest BCUT2D eigenvalue weighted by Gasteiger charge is -2.32. The summed E-state index contributed by atoms with van der Waals surface area (Å²) in [6.07, 6.45) is 5.51. The first-order chi connectivity index (χ1) is 33.0. The van der Waals surface area contributed by atoms with Gasteiger partial charge in [-0.2, -0.15) is 8.62 Å². The first kappa shape index (κ1) is 53.3. The number of allylic oxidation sites excluding steroid dienone is 1. The van der Waals surface area contributed by atoms with E-state index in [0.29, 0.717) is 44.7 Å². The number of fused-ring (bicyclic) bond motifs is 3. The van der Waals surface area contributed by atoms with Crippen LogP contribution in [0.4, 0.5) is 11.5 Å². The molecule has 0 saturated carbocycles. The van der Waals surface area contributed by atoms with Crippen molar-refractivity contribution in [3.63, 3.8) is 0 Å². The second kappa shape index (κ2) is 21.3. The second-order valence-electron chi connectivity index (χ2n) is 16.2. The summed E-state index contributed by atoms with van der Waals surface area (Å²) in [5.74, 6) is 1.15. The van der Waals surface area contributed by atoms with Crippen LogP contribution in [0.5, 0.6) is 5.75 Å². The fraction of sp³-hybridized carbons (Fsp3) is 0.381. The number of benzene rings is 2. The number of hydrogen-bond donors (Lipinski definition) is 9. The van der Waals surface area contributed by atoms with E-state index in [1.165, 1.54) is 21.7 Å². The SMILES string of the molecule is CCN(CC)c1ccc2c(c1)OC1=CC([NH+](CC)CC)C=CC1=C2c1ccc(CNCC=Cc2cn(C3OC(COP(=O)(O)OP(=O)(O)OP(=O)(O)O)C(O)C3O)c3ncnc(N)c23)cc1S(=O)(=O)[O-]. The fourth-order valence-electron chi connectivity index (χ4n) is 8.60. The third-order valence-corrected chi connectivity index (χ3v) is 16.5. The molecule has 7 atom stereocenters. The monoisotopic (exact) mass is 1050 g/mol. The summed E-state index contributed by atoms with van der Waals surface area (Å²) in [4.78, 5) is 48.2. The van der Waals surface area contributed by atoms with Crippen molar-refractivity contribution in [2.45, 2.75) is 69.7 Å². The molecule has 2 aromatic carbocycles. The lowest BCUT2D eigenvalue weighted by molar-refractivity contribution is -0.908. The number of nitrogens with two attached hydrogens (primary N) is 1. The maximum Gasteiger partial charge on any atom is 0.490 e. The largest absolute Gasteiger partial charge is 0.744 e. The molecule has 10 N–H and O–H groups in total. The molecule has 0 spiro atoms. The smallest absolute Gasteiger partial charge is 0.490 e. The molecule has 2 aliphatic heterocycles. The van der Waals surface area contributed by atoms with Crippen molar-refractivity contribution >= 4 is 67.8 Å². The van der Waals surface area contributed by atoms with Gasteiger partial charge >= 0.3 is 23.5 Å². The molecular formula is C42H54N7O17P3S. The predicted octanol–water partition coefficient (Wildman–Crippen LogP) is 2.47. The molecule has 7 rings (SSSR count). The van der Waals surface area contributed by atoms with E-state index < -0.39 is 69.6 Å². The summed E-state index contributed by atoms with van der Waals surface area (Å²) >= 11 is 0. The Morgan fingerprint density at radius 3 is 2.36 bits per heavy atom. The quantitative estimate of drug-likeness (QED) is 0.0329. The molecule has 3 aliphatic rings. The van der Waals surface area contributed by atoms with Gasteiger partial charge in [0.2, 0.25) is 0 Å². The predicted molar refractivity (Wildman–Crippen MR) is 253 cm³/mol. The van der Waals surface area contributed by atoms with Crippen LogP contribution in [0.25, 0.3) is 22.7 Å². The Morgan fingerprint density at radius 1 is 0.971 bits per heavy atom. The molecule has 2 aromatic heterocycles. The molecule has 0 bridgehead atoms. The first-order valence-corrected chi connectivity index (χ1v) is 27.8. The van der Waals surface area contributed by atoms with Gasteiger partial charge in [0.1, 0.15) is 63.8 Å². The molecule has 70 heavy (non-hydrogen) atoms. The third-order valence-electron chi connectivity index (χ3n) is 11.9. The van der Waals surface area contributed by atoms with Crippen molar-refractivity contribution in [3.8, 4) is 5.75 Å². The zero-order valence-electron chi connectivity index (χ0n) is 38.1. The summed E-state index contributed by atoms with van der Waals surface area (Å²) in [5, 5.41) is 25.2. The van der Waals surface area contributed by atoms with Gasteiger partial charge in [0.25, 0.3) is 0 Å². The number of aromatic nitrogens is 3. The molecule has 4 aromatic rings. The van der Waals surface area contributed by atoms with Crippen LogP contribution in [-0.2, 0) is 48.2 Å². The average Bonchev–Trinajstić information content (AvgIpc) is 3.79. The summed E-state index contributed by atoms with van der Waals surface area (Å²) in [5.41, 5.74) is 10.3. The minimum absolute atomic E-state index is 0.0178. The normalized spacial score (nSPS) is 22.2. The van der Waals surface area contributed by atoms with Crippen LogP contribution in [0.1, 0.15) is 56.2 Å². The van der Waals surface area contributed by atoms with E-state index in [4.69, 9.17) is 25.0 Å². The van der Waals surface area contributed by atoms with Gasteiger partial charge in [-0.1, -0.05) is 24.3 Å². The lowest BCUT2D eigenvalue weighted by Crippen LogP contribution is -3.14. The van der Waals surface area contributed by atoms with E-state index in [2.05, 4.69) is 67.1 Å². The van der Waals surface area contributed by atoms with E-state index in [-0.39, 0.29) is 36.2 Å². The number of nitrogens with zero attached hydrogens (tertiary/aromatic N) is 4. The van der Waals surface area contributed by atoms with Crippen molar-refractivity contribution in [1.82, 2.24) is 19.9 Å². The topological polar surface area (TPSA) is 352 Å². The molecule has 0 amide bonds. The number of ether oxygens (including phenoxy) is 2. The number of anilines is 2. The van der Waals surface area contributed by atoms with Gasteiger partial charge in [0.15, 0.2) is 6.23 Å². The lowest BCUT2D eigenvalue weighted by atomic mass is 9.86. The highest BCUT2D eigenvalue weighted by Crippen LogP contribution is 2.66. The van der Waals surface area contributed by atoms with Crippen LogP contribution in [0.3, 0.4) is 0 Å². The van der Waals surface area contributed by atoms with E-state index in [1.807, 2.05) is 30.4 Å². The highest BCUT2D eigenvalue weighted by molar-refractivity contribution is 7.85. The highest BCUT2D eigenvalue weighted by atomic mass is 32.2. The zero-order valence-corrected chi connectivity index (χ0v) is 41.6. The van der Waals surface area contributed by atoms with Gasteiger partial charge in [-0.15, -0.1) is 0 Å². The number of aliphatic hydroxyl groups is 2. The van der Waals surface area contributed by atoms with Gasteiger partial charge in [-0.25, -0.2) is 32.1 Å². The standard InChI is InChI=1S/C42H54N7O17P3S/c1-5-47(6-2)27-12-15-29-32(19-27)63-33-20-28(48(7-3)8-4)13-16-30(33)37(29)31-14-11-25(18-35(31)70(59,60)61)21-44-17-9-10-26-22-49(41-36(26)40(43)45-24-46-41)42-39(51)38(50)34(64-42)23-62-68(55,56)66-69(57,58)65-67(52,53)54/h9-16,18-20,22,24,27,34,38-39,42,44,50-51H,5-8,17,21,23H2,1-4H3,(H,55,56)(H,57,58)(H2,43,45,46)(H2,52,53,54)(H,59,60,61). The van der Waals surface area contributed by atoms with Crippen molar-refractivity contribution in [2.24, 2.45) is 0 Å². The molecule has 380 valence electrons. The molecule has 28 heteroatoms. The fourth-order valence-corrected chi connectivity index (χ4v) is 12.4. The van der Waals surface area contributed by atoms with E-state index >= 15 is 0 Å². The Morgan fingerprint density at radius 2 is 1.69 bits per heavy atom. The van der Waals surface area contributed by atoms with E-state index in [9.17, 15) is 46.7 Å². The number of phosphoric acid groups is 3. The Bertz CT molecular complexity index is 3010. The minimum atomic E-state index is -5.82. The molecule has 7 unspecified atom stereocenters. The Labute approximate surface area is 402 Å². The summed E-state index contributed by atoms with van der Waals surface area (Å²) < 4.78 is 99.9. The molecule has 24 nitrogen and oxygen atoms in total. The summed E-state index contributed by atoms with van der Waals surface area (Å²) in [6.45, 7) is 10.9. The van der Waals surface area contributed by atoms with Gasteiger partial charge in [-0.3, -0.25) is 4.52 Å². The maximum atomic E-state index is 13.1. The molecule has 0 radical (unpaired) electrons. The number of rotatable bonds is 21. The van der Waals surface area contributed by atoms with Crippen molar-refractivity contribution in [2.75, 3.05) is 50.0 Å². The minimum Gasteiger partial charge on any atom is -0.744 e. The van der Waals surface area contributed by atoms with E-state index in [1.54, 1.807) is 24.3 Å². The maximum absolute atomic E-state index is 13.1. The van der Waals surface area contributed by atoms with Gasteiger partial charge < -0.3 is 69.2 Å². The van der Waals surface area contributed by atoms with Crippen molar-refractivity contribution in [1.29, 1.82) is 0 Å². The van der Waals surface area contributed by atoms with Gasteiger partial charge in [0, 0.05) is 78.0 Å². The van der Waals surface area contributed by atoms with E-state index in [0.717, 1.165) is 38.2 Å². The number of quaternary nitrogens is 1. The Kier molecular flexibility index (Phi) is 16.2.